The van der Waals surface area contributed by atoms with Gasteiger partial charge >= 0.3 is 0 Å². The number of Topliss-reactive ketones (excluding diaryl/α,β-unsaturated/α-hetero) is 1. The molecule has 27 heavy (non-hydrogen) atoms. The first-order valence-electron chi connectivity index (χ1n) is 8.40. The van der Waals surface area contributed by atoms with E-state index in [4.69, 9.17) is 9.47 Å². The fourth-order valence-corrected chi connectivity index (χ4v) is 3.21. The number of aromatic amines is 1. The number of fused-ring (bicyclic) bond motifs is 1. The van der Waals surface area contributed by atoms with Gasteiger partial charge in [-0.1, -0.05) is 0 Å². The highest BCUT2D eigenvalue weighted by Gasteiger charge is 2.25. The molecule has 6 heteroatoms. The van der Waals surface area contributed by atoms with E-state index in [-0.39, 0.29) is 5.78 Å². The van der Waals surface area contributed by atoms with Gasteiger partial charge in [-0.2, -0.15) is 5.10 Å². The number of allylic oxidation sites excluding steroid dienone is 1. The molecule has 0 unspecified atom stereocenters. The highest BCUT2D eigenvalue weighted by molar-refractivity contribution is 6.15. The molecule has 0 spiro atoms. The van der Waals surface area contributed by atoms with Crippen molar-refractivity contribution in [1.82, 2.24) is 10.2 Å². The minimum absolute atomic E-state index is 0.0144. The van der Waals surface area contributed by atoms with Gasteiger partial charge in [0.1, 0.15) is 17.3 Å². The Bertz CT molecular complexity index is 1070. The minimum Gasteiger partial charge on any atom is -0.497 e. The summed E-state index contributed by atoms with van der Waals surface area (Å²) in [4.78, 5) is 12.6. The molecular formula is C21H17FN2O3. The second-order valence-corrected chi connectivity index (χ2v) is 6.25. The van der Waals surface area contributed by atoms with E-state index < -0.39 is 5.82 Å². The zero-order valence-electron chi connectivity index (χ0n) is 14.9. The Hall–Kier alpha value is -3.41. The third-order valence-corrected chi connectivity index (χ3v) is 4.61. The fourth-order valence-electron chi connectivity index (χ4n) is 3.21. The number of rotatable bonds is 4. The molecule has 5 nitrogen and oxygen atoms in total. The molecule has 1 aromatic heterocycles. The summed E-state index contributed by atoms with van der Waals surface area (Å²) >= 11 is 0. The van der Waals surface area contributed by atoms with Crippen molar-refractivity contribution in [2.24, 2.45) is 0 Å². The van der Waals surface area contributed by atoms with Crippen molar-refractivity contribution in [2.75, 3.05) is 14.2 Å². The van der Waals surface area contributed by atoms with E-state index >= 15 is 0 Å². The van der Waals surface area contributed by atoms with E-state index in [1.54, 1.807) is 43.5 Å². The van der Waals surface area contributed by atoms with Gasteiger partial charge in [-0.3, -0.25) is 9.89 Å². The Balaban J connectivity index is 1.62. The summed E-state index contributed by atoms with van der Waals surface area (Å²) in [6.07, 6.45) is 2.28. The quantitative estimate of drug-likeness (QED) is 0.709. The Morgan fingerprint density at radius 1 is 1.04 bits per heavy atom. The third kappa shape index (κ3) is 3.10. The molecule has 4 rings (SSSR count). The average Bonchev–Trinajstić information content (AvgIpc) is 3.26. The number of H-pyrrole nitrogens is 1. The number of hydrogen-bond donors (Lipinski definition) is 1. The van der Waals surface area contributed by atoms with Crippen LogP contribution in [0, 0.1) is 5.82 Å². The highest BCUT2D eigenvalue weighted by Crippen LogP contribution is 2.31. The zero-order valence-corrected chi connectivity index (χ0v) is 14.9. The van der Waals surface area contributed by atoms with Crippen LogP contribution in [0.25, 0.3) is 17.3 Å². The van der Waals surface area contributed by atoms with Gasteiger partial charge in [0.2, 0.25) is 0 Å². The molecular weight excluding hydrogens is 347 g/mol. The average molecular weight is 364 g/mol. The van der Waals surface area contributed by atoms with Gasteiger partial charge in [-0.05, 0) is 48.0 Å². The van der Waals surface area contributed by atoms with Crippen molar-refractivity contribution in [3.05, 3.63) is 70.7 Å². The molecule has 1 aliphatic carbocycles. The topological polar surface area (TPSA) is 64.2 Å². The van der Waals surface area contributed by atoms with Crippen LogP contribution in [0.15, 0.2) is 48.0 Å². The summed E-state index contributed by atoms with van der Waals surface area (Å²) in [5.74, 6) is 0.733. The maximum absolute atomic E-state index is 14.2. The Kier molecular flexibility index (Phi) is 4.24. The van der Waals surface area contributed by atoms with Crippen LogP contribution in [-0.4, -0.2) is 30.2 Å². The predicted molar refractivity (Wildman–Crippen MR) is 99.5 cm³/mol. The van der Waals surface area contributed by atoms with Crippen molar-refractivity contribution in [2.45, 2.75) is 6.42 Å². The summed E-state index contributed by atoms with van der Waals surface area (Å²) in [6, 6.07) is 11.8. The monoisotopic (exact) mass is 364 g/mol. The van der Waals surface area contributed by atoms with Crippen LogP contribution in [0.3, 0.4) is 0 Å². The van der Waals surface area contributed by atoms with E-state index in [2.05, 4.69) is 10.2 Å². The number of carbonyl (C=O) groups excluding carboxylic acids is 1. The van der Waals surface area contributed by atoms with Gasteiger partial charge in [-0.25, -0.2) is 4.39 Å². The first kappa shape index (κ1) is 17.0. The van der Waals surface area contributed by atoms with Gasteiger partial charge in [-0.15, -0.1) is 0 Å². The van der Waals surface area contributed by atoms with Gasteiger partial charge in [0, 0.05) is 29.2 Å². The minimum atomic E-state index is -0.420. The van der Waals surface area contributed by atoms with Crippen LogP contribution < -0.4 is 9.47 Å². The smallest absolute Gasteiger partial charge is 0.189 e. The molecule has 1 N–H and O–H groups in total. The maximum Gasteiger partial charge on any atom is 0.189 e. The number of halogens is 1. The SMILES string of the molecule is COc1ccc(-c2cc(C=C3Cc4cc(OC)ccc4C3=O)[nH]n2)c(F)c1. The van der Waals surface area contributed by atoms with E-state index in [1.165, 1.54) is 13.2 Å². The van der Waals surface area contributed by atoms with Crippen molar-refractivity contribution >= 4 is 11.9 Å². The molecule has 0 aliphatic heterocycles. The molecule has 1 heterocycles. The Morgan fingerprint density at radius 3 is 2.44 bits per heavy atom. The Morgan fingerprint density at radius 2 is 1.74 bits per heavy atom. The van der Waals surface area contributed by atoms with Crippen molar-refractivity contribution in [3.63, 3.8) is 0 Å². The van der Waals surface area contributed by atoms with Crippen molar-refractivity contribution in [1.29, 1.82) is 0 Å². The first-order chi connectivity index (χ1) is 13.1. The molecule has 2 aromatic carbocycles. The summed E-state index contributed by atoms with van der Waals surface area (Å²) in [5.41, 5.74) is 3.75. The van der Waals surface area contributed by atoms with E-state index in [0.29, 0.717) is 40.3 Å². The normalized spacial score (nSPS) is 14.5. The maximum atomic E-state index is 14.2. The molecule has 0 saturated heterocycles. The lowest BCUT2D eigenvalue weighted by atomic mass is 10.1. The standard InChI is InChI=1S/C21H17FN2O3/c1-26-15-3-5-17-12(9-15)7-13(21(17)25)8-14-10-20(24-23-14)18-6-4-16(27-2)11-19(18)22/h3-6,8-11H,7H2,1-2H3,(H,23,24). The van der Waals surface area contributed by atoms with Gasteiger partial charge < -0.3 is 9.47 Å². The number of benzene rings is 2. The van der Waals surface area contributed by atoms with Crippen molar-refractivity contribution < 1.29 is 18.7 Å². The van der Waals surface area contributed by atoms with Crippen LogP contribution in [0.4, 0.5) is 4.39 Å². The van der Waals surface area contributed by atoms with Gasteiger partial charge in [0.05, 0.1) is 25.6 Å². The van der Waals surface area contributed by atoms with Gasteiger partial charge in [0.15, 0.2) is 5.78 Å². The van der Waals surface area contributed by atoms with E-state index in [0.717, 1.165) is 11.3 Å². The number of aromatic nitrogens is 2. The summed E-state index contributed by atoms with van der Waals surface area (Å²) in [7, 11) is 3.08. The summed E-state index contributed by atoms with van der Waals surface area (Å²) < 4.78 is 24.5. The number of ether oxygens (including phenoxy) is 2. The van der Waals surface area contributed by atoms with Crippen LogP contribution in [0.1, 0.15) is 21.6 Å². The van der Waals surface area contributed by atoms with Crippen LogP contribution in [0.5, 0.6) is 11.5 Å². The number of methoxy groups -OCH3 is 2. The molecule has 0 radical (unpaired) electrons. The largest absolute Gasteiger partial charge is 0.497 e. The molecule has 0 fully saturated rings. The number of hydrogen-bond acceptors (Lipinski definition) is 4. The summed E-state index contributed by atoms with van der Waals surface area (Å²) in [6.45, 7) is 0. The predicted octanol–water partition coefficient (Wildman–Crippen LogP) is 4.06. The number of ketones is 1. The summed E-state index contributed by atoms with van der Waals surface area (Å²) in [5, 5.41) is 7.02. The number of carbonyl (C=O) groups is 1. The molecule has 0 atom stereocenters. The second-order valence-electron chi connectivity index (χ2n) is 6.25. The van der Waals surface area contributed by atoms with Crippen LogP contribution >= 0.6 is 0 Å². The molecule has 1 aliphatic rings. The molecule has 3 aromatic rings. The lowest BCUT2D eigenvalue weighted by molar-refractivity contribution is 0.104. The Labute approximate surface area is 155 Å². The lowest BCUT2D eigenvalue weighted by Crippen LogP contribution is -1.95. The number of nitrogens with zero attached hydrogens (tertiary/aromatic N) is 1. The number of nitrogens with one attached hydrogen (secondary N) is 1. The van der Waals surface area contributed by atoms with E-state index in [1.807, 2.05) is 6.07 Å². The molecule has 0 bridgehead atoms. The zero-order chi connectivity index (χ0) is 19.0. The molecule has 0 saturated carbocycles. The lowest BCUT2D eigenvalue weighted by Gasteiger charge is -2.02. The molecule has 0 amide bonds. The van der Waals surface area contributed by atoms with E-state index in [9.17, 15) is 9.18 Å². The third-order valence-electron chi connectivity index (χ3n) is 4.61. The van der Waals surface area contributed by atoms with Crippen molar-refractivity contribution in [3.8, 4) is 22.8 Å². The first-order valence-corrected chi connectivity index (χ1v) is 8.40. The van der Waals surface area contributed by atoms with Crippen LogP contribution in [-0.2, 0) is 6.42 Å². The molecule has 136 valence electrons. The van der Waals surface area contributed by atoms with Crippen LogP contribution in [0.2, 0.25) is 0 Å². The fraction of sp³-hybridized carbons (Fsp3) is 0.143. The second kappa shape index (κ2) is 6.72. The highest BCUT2D eigenvalue weighted by atomic mass is 19.1. The van der Waals surface area contributed by atoms with Gasteiger partial charge in [0.25, 0.3) is 0 Å².